The SMILES string of the molecule is COc1c(N)cccc1C(=O)OC1CCOC1. The van der Waals surface area contributed by atoms with Crippen LogP contribution in [-0.2, 0) is 9.47 Å². The summed E-state index contributed by atoms with van der Waals surface area (Å²) in [5.74, 6) is -0.0685. The van der Waals surface area contributed by atoms with Gasteiger partial charge in [0.15, 0.2) is 5.75 Å². The Morgan fingerprint density at radius 3 is 3.00 bits per heavy atom. The van der Waals surface area contributed by atoms with Gasteiger partial charge in [0.2, 0.25) is 0 Å². The number of benzene rings is 1. The summed E-state index contributed by atoms with van der Waals surface area (Å²) in [5.41, 5.74) is 6.49. The molecule has 0 bridgehead atoms. The van der Waals surface area contributed by atoms with Gasteiger partial charge in [0, 0.05) is 6.42 Å². The highest BCUT2D eigenvalue weighted by Gasteiger charge is 2.23. The molecular formula is C12H15NO4. The first kappa shape index (κ1) is 11.7. The molecule has 2 rings (SSSR count). The van der Waals surface area contributed by atoms with Gasteiger partial charge in [0.05, 0.1) is 26.0 Å². The van der Waals surface area contributed by atoms with Crippen LogP contribution in [0.2, 0.25) is 0 Å². The van der Waals surface area contributed by atoms with E-state index in [9.17, 15) is 4.79 Å². The highest BCUT2D eigenvalue weighted by atomic mass is 16.6. The average Bonchev–Trinajstić information content (AvgIpc) is 2.81. The molecule has 1 heterocycles. The molecule has 0 aromatic heterocycles. The maximum Gasteiger partial charge on any atom is 0.342 e. The van der Waals surface area contributed by atoms with E-state index in [0.717, 1.165) is 6.42 Å². The van der Waals surface area contributed by atoms with Crippen molar-refractivity contribution in [2.45, 2.75) is 12.5 Å². The number of hydrogen-bond donors (Lipinski definition) is 1. The molecule has 5 heteroatoms. The van der Waals surface area contributed by atoms with Crippen LogP contribution in [0.25, 0.3) is 0 Å². The monoisotopic (exact) mass is 237 g/mol. The number of esters is 1. The van der Waals surface area contributed by atoms with Crippen LogP contribution in [0.1, 0.15) is 16.8 Å². The predicted octanol–water partition coefficient (Wildman–Crippen LogP) is 1.22. The molecule has 0 radical (unpaired) electrons. The fourth-order valence-corrected chi connectivity index (χ4v) is 1.76. The van der Waals surface area contributed by atoms with Crippen LogP contribution < -0.4 is 10.5 Å². The molecule has 1 atom stereocenters. The van der Waals surface area contributed by atoms with Crippen molar-refractivity contribution in [3.05, 3.63) is 23.8 Å². The fourth-order valence-electron chi connectivity index (χ4n) is 1.76. The highest BCUT2D eigenvalue weighted by molar-refractivity contribution is 5.94. The van der Waals surface area contributed by atoms with Gasteiger partial charge in [0.25, 0.3) is 0 Å². The largest absolute Gasteiger partial charge is 0.494 e. The minimum Gasteiger partial charge on any atom is -0.494 e. The van der Waals surface area contributed by atoms with Crippen LogP contribution in [0, 0.1) is 0 Å². The van der Waals surface area contributed by atoms with E-state index in [0.29, 0.717) is 30.2 Å². The lowest BCUT2D eigenvalue weighted by molar-refractivity contribution is 0.0267. The lowest BCUT2D eigenvalue weighted by Crippen LogP contribution is -2.18. The molecule has 0 saturated carbocycles. The summed E-state index contributed by atoms with van der Waals surface area (Å²) in [6.45, 7) is 1.09. The number of ether oxygens (including phenoxy) is 3. The van der Waals surface area contributed by atoms with E-state index in [-0.39, 0.29) is 6.10 Å². The zero-order valence-corrected chi connectivity index (χ0v) is 9.64. The molecule has 2 N–H and O–H groups in total. The maximum absolute atomic E-state index is 11.9. The zero-order chi connectivity index (χ0) is 12.3. The van der Waals surface area contributed by atoms with E-state index < -0.39 is 5.97 Å². The summed E-state index contributed by atoms with van der Waals surface area (Å²) in [5, 5.41) is 0. The number of hydrogen-bond acceptors (Lipinski definition) is 5. The number of carbonyl (C=O) groups is 1. The first-order valence-electron chi connectivity index (χ1n) is 5.43. The van der Waals surface area contributed by atoms with Gasteiger partial charge in [-0.2, -0.15) is 0 Å². The Morgan fingerprint density at radius 2 is 2.35 bits per heavy atom. The second-order valence-corrected chi connectivity index (χ2v) is 3.82. The molecule has 0 amide bonds. The summed E-state index contributed by atoms with van der Waals surface area (Å²) in [6, 6.07) is 5.00. The first-order chi connectivity index (χ1) is 8.22. The smallest absolute Gasteiger partial charge is 0.342 e. The number of nitrogen functional groups attached to an aromatic ring is 1. The Labute approximate surface area is 99.5 Å². The molecular weight excluding hydrogens is 222 g/mol. The molecule has 1 saturated heterocycles. The maximum atomic E-state index is 11.9. The lowest BCUT2D eigenvalue weighted by Gasteiger charge is -2.13. The van der Waals surface area contributed by atoms with Crippen LogP contribution in [0.5, 0.6) is 5.75 Å². The van der Waals surface area contributed by atoms with Gasteiger partial charge in [-0.3, -0.25) is 0 Å². The van der Waals surface area contributed by atoms with E-state index in [4.69, 9.17) is 19.9 Å². The summed E-state index contributed by atoms with van der Waals surface area (Å²) in [6.07, 6.45) is 0.560. The Balaban J connectivity index is 2.15. The molecule has 1 aromatic rings. The van der Waals surface area contributed by atoms with Crippen LogP contribution in [-0.4, -0.2) is 32.4 Å². The van der Waals surface area contributed by atoms with Gasteiger partial charge >= 0.3 is 5.97 Å². The number of methoxy groups -OCH3 is 1. The van der Waals surface area contributed by atoms with E-state index in [1.807, 2.05) is 0 Å². The van der Waals surface area contributed by atoms with E-state index in [1.54, 1.807) is 18.2 Å². The summed E-state index contributed by atoms with van der Waals surface area (Å²) in [7, 11) is 1.47. The van der Waals surface area contributed by atoms with Crippen LogP contribution in [0.4, 0.5) is 5.69 Å². The van der Waals surface area contributed by atoms with Crippen molar-refractivity contribution < 1.29 is 19.0 Å². The minimum absolute atomic E-state index is 0.173. The Kier molecular flexibility index (Phi) is 3.49. The Hall–Kier alpha value is -1.75. The highest BCUT2D eigenvalue weighted by Crippen LogP contribution is 2.27. The second-order valence-electron chi connectivity index (χ2n) is 3.82. The molecule has 1 unspecified atom stereocenters. The molecule has 1 aliphatic rings. The third-order valence-corrected chi connectivity index (χ3v) is 2.63. The molecule has 5 nitrogen and oxygen atoms in total. The van der Waals surface area contributed by atoms with Gasteiger partial charge in [-0.25, -0.2) is 4.79 Å². The Bertz CT molecular complexity index is 413. The topological polar surface area (TPSA) is 70.8 Å². The molecule has 1 fully saturated rings. The normalized spacial score (nSPS) is 19.0. The number of anilines is 1. The standard InChI is InChI=1S/C12H15NO4/c1-15-11-9(3-2-4-10(11)13)12(14)17-8-5-6-16-7-8/h2-4,8H,5-7,13H2,1H3. The number of para-hydroxylation sites is 1. The minimum atomic E-state index is -0.426. The van der Waals surface area contributed by atoms with Crippen molar-refractivity contribution >= 4 is 11.7 Å². The van der Waals surface area contributed by atoms with Crippen molar-refractivity contribution in [1.82, 2.24) is 0 Å². The van der Waals surface area contributed by atoms with E-state index >= 15 is 0 Å². The van der Waals surface area contributed by atoms with Gasteiger partial charge in [0.1, 0.15) is 11.7 Å². The average molecular weight is 237 g/mol. The van der Waals surface area contributed by atoms with E-state index in [1.165, 1.54) is 7.11 Å². The van der Waals surface area contributed by atoms with Gasteiger partial charge in [-0.1, -0.05) is 6.07 Å². The predicted molar refractivity (Wildman–Crippen MR) is 62.0 cm³/mol. The van der Waals surface area contributed by atoms with Gasteiger partial charge < -0.3 is 19.9 Å². The lowest BCUT2D eigenvalue weighted by atomic mass is 10.1. The van der Waals surface area contributed by atoms with Crippen molar-refractivity contribution in [3.63, 3.8) is 0 Å². The van der Waals surface area contributed by atoms with Gasteiger partial charge in [-0.05, 0) is 12.1 Å². The molecule has 1 aromatic carbocycles. The third-order valence-electron chi connectivity index (χ3n) is 2.63. The molecule has 92 valence electrons. The summed E-state index contributed by atoms with van der Waals surface area (Å²) in [4.78, 5) is 11.9. The number of nitrogens with two attached hydrogens (primary N) is 1. The second kappa shape index (κ2) is 5.05. The molecule has 1 aliphatic heterocycles. The number of carbonyl (C=O) groups excluding carboxylic acids is 1. The van der Waals surface area contributed by atoms with Gasteiger partial charge in [-0.15, -0.1) is 0 Å². The van der Waals surface area contributed by atoms with Crippen molar-refractivity contribution in [1.29, 1.82) is 0 Å². The number of rotatable bonds is 3. The van der Waals surface area contributed by atoms with Crippen LogP contribution >= 0.6 is 0 Å². The fraction of sp³-hybridized carbons (Fsp3) is 0.417. The third kappa shape index (κ3) is 2.50. The van der Waals surface area contributed by atoms with Crippen molar-refractivity contribution in [3.8, 4) is 5.75 Å². The van der Waals surface area contributed by atoms with Crippen LogP contribution in [0.3, 0.4) is 0 Å². The van der Waals surface area contributed by atoms with Crippen molar-refractivity contribution in [2.24, 2.45) is 0 Å². The van der Waals surface area contributed by atoms with Crippen LogP contribution in [0.15, 0.2) is 18.2 Å². The zero-order valence-electron chi connectivity index (χ0n) is 9.64. The molecule has 17 heavy (non-hydrogen) atoms. The first-order valence-corrected chi connectivity index (χ1v) is 5.43. The summed E-state index contributed by atoms with van der Waals surface area (Å²) < 4.78 is 15.5. The van der Waals surface area contributed by atoms with Crippen molar-refractivity contribution in [2.75, 3.05) is 26.1 Å². The quantitative estimate of drug-likeness (QED) is 0.632. The Morgan fingerprint density at radius 1 is 1.53 bits per heavy atom. The molecule has 0 aliphatic carbocycles. The van der Waals surface area contributed by atoms with E-state index in [2.05, 4.69) is 0 Å². The summed E-state index contributed by atoms with van der Waals surface area (Å²) >= 11 is 0. The molecule has 0 spiro atoms.